The van der Waals surface area contributed by atoms with Crippen LogP contribution in [0.5, 0.6) is 0 Å². The van der Waals surface area contributed by atoms with Crippen molar-refractivity contribution in [3.63, 3.8) is 0 Å². The molecule has 1 saturated heterocycles. The fourth-order valence-corrected chi connectivity index (χ4v) is 3.63. The first-order chi connectivity index (χ1) is 8.72. The van der Waals surface area contributed by atoms with Crippen molar-refractivity contribution in [1.82, 2.24) is 15.1 Å². The van der Waals surface area contributed by atoms with Crippen LogP contribution in [0.15, 0.2) is 0 Å². The zero-order valence-corrected chi connectivity index (χ0v) is 12.5. The first kappa shape index (κ1) is 14.3. The molecule has 0 spiro atoms. The van der Waals surface area contributed by atoms with E-state index in [0.29, 0.717) is 6.04 Å². The molecular formula is C15H31N3. The fourth-order valence-electron chi connectivity index (χ4n) is 3.63. The van der Waals surface area contributed by atoms with E-state index in [2.05, 4.69) is 36.0 Å². The third-order valence-electron chi connectivity index (χ3n) is 5.12. The molecule has 18 heavy (non-hydrogen) atoms. The maximum Gasteiger partial charge on any atom is 0.0113 e. The van der Waals surface area contributed by atoms with Crippen LogP contribution in [0, 0.1) is 5.92 Å². The molecule has 1 aliphatic heterocycles. The maximum atomic E-state index is 3.30. The molecule has 0 amide bonds. The molecule has 0 bridgehead atoms. The molecule has 0 aromatic rings. The normalized spacial score (nSPS) is 27.5. The van der Waals surface area contributed by atoms with Crippen LogP contribution < -0.4 is 5.32 Å². The molecule has 2 atom stereocenters. The van der Waals surface area contributed by atoms with Crippen LogP contribution in [0.1, 0.15) is 39.5 Å². The number of hydrogen-bond donors (Lipinski definition) is 1. The van der Waals surface area contributed by atoms with Gasteiger partial charge >= 0.3 is 0 Å². The van der Waals surface area contributed by atoms with Crippen molar-refractivity contribution < 1.29 is 0 Å². The van der Waals surface area contributed by atoms with Crippen molar-refractivity contribution in [2.24, 2.45) is 5.92 Å². The van der Waals surface area contributed by atoms with Crippen molar-refractivity contribution in [3.05, 3.63) is 0 Å². The number of nitrogens with one attached hydrogen (secondary N) is 1. The van der Waals surface area contributed by atoms with E-state index in [-0.39, 0.29) is 0 Å². The van der Waals surface area contributed by atoms with E-state index in [9.17, 15) is 0 Å². The van der Waals surface area contributed by atoms with E-state index < -0.39 is 0 Å². The number of hydrogen-bond acceptors (Lipinski definition) is 3. The van der Waals surface area contributed by atoms with E-state index >= 15 is 0 Å². The van der Waals surface area contributed by atoms with Crippen LogP contribution >= 0.6 is 0 Å². The SMILES string of the molecule is CNCC(C)C(C)N1CCN(C2CCCC2)CC1. The van der Waals surface area contributed by atoms with Gasteiger partial charge in [-0.15, -0.1) is 0 Å². The highest BCUT2D eigenvalue weighted by Gasteiger charge is 2.28. The molecule has 0 aromatic heterocycles. The quantitative estimate of drug-likeness (QED) is 0.806. The Balaban J connectivity index is 1.75. The Morgan fingerprint density at radius 2 is 1.67 bits per heavy atom. The summed E-state index contributed by atoms with van der Waals surface area (Å²) in [6, 6.07) is 1.63. The molecular weight excluding hydrogens is 222 g/mol. The lowest BCUT2D eigenvalue weighted by Gasteiger charge is -2.42. The molecule has 106 valence electrons. The van der Waals surface area contributed by atoms with Crippen LogP contribution in [0.3, 0.4) is 0 Å². The third kappa shape index (κ3) is 3.46. The van der Waals surface area contributed by atoms with Gasteiger partial charge in [0.1, 0.15) is 0 Å². The average molecular weight is 253 g/mol. The van der Waals surface area contributed by atoms with Crippen LogP contribution in [0.4, 0.5) is 0 Å². The summed E-state index contributed by atoms with van der Waals surface area (Å²) in [5, 5.41) is 3.30. The standard InChI is InChI=1S/C15H31N3/c1-13(12-16-3)14(2)17-8-10-18(11-9-17)15-6-4-5-7-15/h13-16H,4-12H2,1-3H3. The summed E-state index contributed by atoms with van der Waals surface area (Å²) >= 11 is 0. The second-order valence-electron chi connectivity index (χ2n) is 6.29. The van der Waals surface area contributed by atoms with Crippen molar-refractivity contribution in [3.8, 4) is 0 Å². The minimum atomic E-state index is 0.711. The summed E-state index contributed by atoms with van der Waals surface area (Å²) in [6.45, 7) is 11.0. The summed E-state index contributed by atoms with van der Waals surface area (Å²) in [5.41, 5.74) is 0. The Hall–Kier alpha value is -0.120. The Kier molecular flexibility index (Phi) is 5.46. The number of piperazine rings is 1. The van der Waals surface area contributed by atoms with Gasteiger partial charge in [0.15, 0.2) is 0 Å². The van der Waals surface area contributed by atoms with Crippen molar-refractivity contribution >= 4 is 0 Å². The largest absolute Gasteiger partial charge is 0.319 e. The Morgan fingerprint density at radius 1 is 1.06 bits per heavy atom. The summed E-state index contributed by atoms with van der Waals surface area (Å²) < 4.78 is 0. The van der Waals surface area contributed by atoms with Crippen molar-refractivity contribution in [2.75, 3.05) is 39.8 Å². The van der Waals surface area contributed by atoms with Crippen molar-refractivity contribution in [2.45, 2.75) is 51.6 Å². The molecule has 3 nitrogen and oxygen atoms in total. The molecule has 1 aliphatic carbocycles. The lowest BCUT2D eigenvalue weighted by Crippen LogP contribution is -2.54. The molecule has 1 N–H and O–H groups in total. The van der Waals surface area contributed by atoms with Gasteiger partial charge in [0, 0.05) is 38.3 Å². The summed E-state index contributed by atoms with van der Waals surface area (Å²) in [5.74, 6) is 0.744. The predicted octanol–water partition coefficient (Wildman–Crippen LogP) is 1.79. The Morgan fingerprint density at radius 3 is 2.22 bits per heavy atom. The second kappa shape index (κ2) is 6.88. The molecule has 2 aliphatic rings. The van der Waals surface area contributed by atoms with Crippen LogP contribution in [-0.2, 0) is 0 Å². The smallest absolute Gasteiger partial charge is 0.0113 e. The monoisotopic (exact) mass is 253 g/mol. The van der Waals surface area contributed by atoms with Gasteiger partial charge in [0.05, 0.1) is 0 Å². The topological polar surface area (TPSA) is 18.5 Å². The molecule has 3 heteroatoms. The van der Waals surface area contributed by atoms with Crippen molar-refractivity contribution in [1.29, 1.82) is 0 Å². The average Bonchev–Trinajstić information content (AvgIpc) is 2.92. The zero-order valence-electron chi connectivity index (χ0n) is 12.5. The lowest BCUT2D eigenvalue weighted by atomic mass is 10.0. The van der Waals surface area contributed by atoms with Gasteiger partial charge in [-0.05, 0) is 39.3 Å². The van der Waals surface area contributed by atoms with Gasteiger partial charge in [-0.2, -0.15) is 0 Å². The number of nitrogens with zero attached hydrogens (tertiary/aromatic N) is 2. The Labute approximate surface area is 113 Å². The van der Waals surface area contributed by atoms with E-state index in [1.165, 1.54) is 51.9 Å². The van der Waals surface area contributed by atoms with E-state index in [4.69, 9.17) is 0 Å². The van der Waals surface area contributed by atoms with Crippen LogP contribution in [0.25, 0.3) is 0 Å². The third-order valence-corrected chi connectivity index (χ3v) is 5.12. The fraction of sp³-hybridized carbons (Fsp3) is 1.00. The summed E-state index contributed by atoms with van der Waals surface area (Å²) in [7, 11) is 2.06. The minimum Gasteiger partial charge on any atom is -0.319 e. The molecule has 1 saturated carbocycles. The van der Waals surface area contributed by atoms with E-state index in [1.54, 1.807) is 0 Å². The van der Waals surface area contributed by atoms with Gasteiger partial charge in [-0.3, -0.25) is 9.80 Å². The minimum absolute atomic E-state index is 0.711. The highest BCUT2D eigenvalue weighted by molar-refractivity contribution is 4.84. The first-order valence-corrected chi connectivity index (χ1v) is 7.85. The summed E-state index contributed by atoms with van der Waals surface area (Å²) in [6.07, 6.45) is 5.82. The molecule has 2 unspecified atom stereocenters. The predicted molar refractivity (Wildman–Crippen MR) is 78.0 cm³/mol. The van der Waals surface area contributed by atoms with Crippen LogP contribution in [-0.4, -0.2) is 61.7 Å². The van der Waals surface area contributed by atoms with Gasteiger partial charge in [0.25, 0.3) is 0 Å². The van der Waals surface area contributed by atoms with E-state index in [0.717, 1.165) is 18.5 Å². The van der Waals surface area contributed by atoms with Crippen LogP contribution in [0.2, 0.25) is 0 Å². The molecule has 2 rings (SSSR count). The molecule has 0 radical (unpaired) electrons. The molecule has 0 aromatic carbocycles. The highest BCUT2D eigenvalue weighted by atomic mass is 15.3. The summed E-state index contributed by atoms with van der Waals surface area (Å²) in [4.78, 5) is 5.44. The van der Waals surface area contributed by atoms with Gasteiger partial charge in [-0.1, -0.05) is 19.8 Å². The lowest BCUT2D eigenvalue weighted by molar-refractivity contribution is 0.0592. The van der Waals surface area contributed by atoms with Gasteiger partial charge in [-0.25, -0.2) is 0 Å². The maximum absolute atomic E-state index is 3.30. The molecule has 2 fully saturated rings. The molecule has 1 heterocycles. The second-order valence-corrected chi connectivity index (χ2v) is 6.29. The number of rotatable bonds is 5. The zero-order chi connectivity index (χ0) is 13.0. The Bertz CT molecular complexity index is 230. The first-order valence-electron chi connectivity index (χ1n) is 7.85. The van der Waals surface area contributed by atoms with E-state index in [1.807, 2.05) is 0 Å². The van der Waals surface area contributed by atoms with Gasteiger partial charge in [0.2, 0.25) is 0 Å². The van der Waals surface area contributed by atoms with Gasteiger partial charge < -0.3 is 5.32 Å². The highest BCUT2D eigenvalue weighted by Crippen LogP contribution is 2.25.